The molecule has 0 aliphatic carbocycles. The second kappa shape index (κ2) is 9.23. The summed E-state index contributed by atoms with van der Waals surface area (Å²) in [6.45, 7) is 4.44. The van der Waals surface area contributed by atoms with Gasteiger partial charge in [-0.05, 0) is 56.9 Å². The van der Waals surface area contributed by atoms with Crippen LogP contribution in [0.25, 0.3) is 0 Å². The van der Waals surface area contributed by atoms with E-state index in [1.807, 2.05) is 13.0 Å². The summed E-state index contributed by atoms with van der Waals surface area (Å²) in [6, 6.07) is 8.56. The first-order chi connectivity index (χ1) is 14.6. The number of sulfonamides is 1. The summed E-state index contributed by atoms with van der Waals surface area (Å²) < 4.78 is 28.2. The Bertz CT molecular complexity index is 1110. The third-order valence-electron chi connectivity index (χ3n) is 5.31. The van der Waals surface area contributed by atoms with Crippen molar-refractivity contribution in [2.75, 3.05) is 23.9 Å². The molecular weight excluding hydrogens is 442 g/mol. The number of hydrogen-bond donors (Lipinski definition) is 0. The maximum Gasteiger partial charge on any atom is 0.289 e. The molecule has 0 atom stereocenters. The fourth-order valence-electron chi connectivity index (χ4n) is 3.67. The van der Waals surface area contributed by atoms with Crippen molar-refractivity contribution >= 4 is 38.9 Å². The number of piperidine rings is 1. The summed E-state index contributed by atoms with van der Waals surface area (Å²) >= 11 is 5.86. The molecule has 0 saturated carbocycles. The highest BCUT2D eigenvalue weighted by Gasteiger charge is 2.32. The Kier molecular flexibility index (Phi) is 6.86. The monoisotopic (exact) mass is 465 g/mol. The lowest BCUT2D eigenvalue weighted by Gasteiger charge is -2.31. The van der Waals surface area contributed by atoms with Crippen molar-refractivity contribution < 1.29 is 18.1 Å². The quantitative estimate of drug-likeness (QED) is 0.472. The topological polar surface area (TPSA) is 101 Å². The van der Waals surface area contributed by atoms with Crippen molar-refractivity contribution in [3.05, 3.63) is 62.7 Å². The van der Waals surface area contributed by atoms with Crippen molar-refractivity contribution in [3.8, 4) is 0 Å². The van der Waals surface area contributed by atoms with Gasteiger partial charge in [-0.3, -0.25) is 19.2 Å². The Hall–Kier alpha value is -2.65. The number of rotatable bonds is 6. The number of benzene rings is 2. The van der Waals surface area contributed by atoms with Gasteiger partial charge in [0.25, 0.3) is 15.7 Å². The van der Waals surface area contributed by atoms with Gasteiger partial charge in [0, 0.05) is 19.2 Å². The molecule has 3 rings (SSSR count). The molecule has 0 unspecified atom stereocenters. The van der Waals surface area contributed by atoms with Gasteiger partial charge >= 0.3 is 0 Å². The predicted octanol–water partition coefficient (Wildman–Crippen LogP) is 4.07. The zero-order valence-electron chi connectivity index (χ0n) is 17.4. The van der Waals surface area contributed by atoms with Gasteiger partial charge in [-0.2, -0.15) is 0 Å². The highest BCUT2D eigenvalue weighted by atomic mass is 35.5. The van der Waals surface area contributed by atoms with Gasteiger partial charge < -0.3 is 4.90 Å². The summed E-state index contributed by atoms with van der Waals surface area (Å²) in [5, 5.41) is 11.1. The average Bonchev–Trinajstić information content (AvgIpc) is 2.73. The molecular formula is C21H24ClN3O5S. The lowest BCUT2D eigenvalue weighted by atomic mass is 10.1. The minimum atomic E-state index is -4.27. The molecule has 2 aromatic carbocycles. The normalized spacial score (nSPS) is 14.4. The molecule has 1 amide bonds. The van der Waals surface area contributed by atoms with E-state index in [2.05, 4.69) is 0 Å². The van der Waals surface area contributed by atoms with Gasteiger partial charge in [-0.15, -0.1) is 0 Å². The Morgan fingerprint density at radius 2 is 1.81 bits per heavy atom. The van der Waals surface area contributed by atoms with Gasteiger partial charge in [0.05, 0.1) is 15.5 Å². The molecule has 166 valence electrons. The van der Waals surface area contributed by atoms with E-state index in [4.69, 9.17) is 11.6 Å². The molecule has 0 aromatic heterocycles. The van der Waals surface area contributed by atoms with E-state index in [0.717, 1.165) is 35.2 Å². The molecule has 0 N–H and O–H groups in total. The van der Waals surface area contributed by atoms with Gasteiger partial charge in [0.15, 0.2) is 0 Å². The standard InChI is InChI=1S/C21H24ClN3O5S/c1-15-6-9-19(16(2)12-15)24(14-21(26)23-10-4-3-5-11-23)31(29,30)17-7-8-18(22)20(13-17)25(27)28/h6-9,12-13H,3-5,10-11,14H2,1-2H3. The number of aryl methyl sites for hydroxylation is 2. The third-order valence-corrected chi connectivity index (χ3v) is 7.39. The molecule has 1 fully saturated rings. The van der Waals surface area contributed by atoms with Crippen LogP contribution in [0.15, 0.2) is 41.3 Å². The lowest BCUT2D eigenvalue weighted by Crippen LogP contribution is -2.45. The van der Waals surface area contributed by atoms with Gasteiger partial charge in [0.1, 0.15) is 11.6 Å². The number of hydrogen-bond acceptors (Lipinski definition) is 5. The van der Waals surface area contributed by atoms with E-state index in [-0.39, 0.29) is 22.4 Å². The molecule has 10 heteroatoms. The van der Waals surface area contributed by atoms with Crippen LogP contribution in [-0.2, 0) is 14.8 Å². The van der Waals surface area contributed by atoms with E-state index in [1.165, 1.54) is 12.1 Å². The summed E-state index contributed by atoms with van der Waals surface area (Å²) in [7, 11) is -4.27. The fourth-order valence-corrected chi connectivity index (χ4v) is 5.36. The fraction of sp³-hybridized carbons (Fsp3) is 0.381. The van der Waals surface area contributed by atoms with E-state index >= 15 is 0 Å². The SMILES string of the molecule is Cc1ccc(N(CC(=O)N2CCCCC2)S(=O)(=O)c2ccc(Cl)c([N+](=O)[O-])c2)c(C)c1. The maximum atomic E-state index is 13.6. The third kappa shape index (κ3) is 4.99. The van der Waals surface area contributed by atoms with Crippen LogP contribution in [0.2, 0.25) is 5.02 Å². The van der Waals surface area contributed by atoms with Gasteiger partial charge in [-0.25, -0.2) is 8.42 Å². The molecule has 2 aromatic rings. The van der Waals surface area contributed by atoms with Crippen molar-refractivity contribution in [2.45, 2.75) is 38.0 Å². The molecule has 0 radical (unpaired) electrons. The van der Waals surface area contributed by atoms with E-state index in [9.17, 15) is 23.3 Å². The van der Waals surface area contributed by atoms with Crippen molar-refractivity contribution in [1.82, 2.24) is 4.90 Å². The predicted molar refractivity (Wildman–Crippen MR) is 119 cm³/mol. The Labute approximate surface area is 186 Å². The van der Waals surface area contributed by atoms with Crippen LogP contribution in [0.1, 0.15) is 30.4 Å². The zero-order valence-corrected chi connectivity index (χ0v) is 18.9. The number of halogens is 1. The molecule has 1 aliphatic rings. The first-order valence-corrected chi connectivity index (χ1v) is 11.7. The highest BCUT2D eigenvalue weighted by molar-refractivity contribution is 7.92. The number of nitro benzene ring substituents is 1. The minimum Gasteiger partial charge on any atom is -0.341 e. The molecule has 0 spiro atoms. The van der Waals surface area contributed by atoms with Crippen LogP contribution in [0.4, 0.5) is 11.4 Å². The van der Waals surface area contributed by atoms with Crippen LogP contribution < -0.4 is 4.31 Å². The molecule has 1 aliphatic heterocycles. The maximum absolute atomic E-state index is 13.6. The second-order valence-corrected chi connectivity index (χ2v) is 9.88. The average molecular weight is 466 g/mol. The number of nitrogens with zero attached hydrogens (tertiary/aromatic N) is 3. The van der Waals surface area contributed by atoms with Crippen molar-refractivity contribution in [2.24, 2.45) is 0 Å². The number of carbonyl (C=O) groups excluding carboxylic acids is 1. The zero-order chi connectivity index (χ0) is 22.8. The minimum absolute atomic E-state index is 0.161. The summed E-state index contributed by atoms with van der Waals surface area (Å²) in [4.78, 5) is 24.9. The van der Waals surface area contributed by atoms with Gasteiger partial charge in [-0.1, -0.05) is 29.3 Å². The second-order valence-electron chi connectivity index (χ2n) is 7.61. The Morgan fingerprint density at radius 3 is 2.42 bits per heavy atom. The van der Waals surface area contributed by atoms with Crippen molar-refractivity contribution in [3.63, 3.8) is 0 Å². The highest BCUT2D eigenvalue weighted by Crippen LogP contribution is 2.32. The van der Waals surface area contributed by atoms with E-state index in [1.54, 1.807) is 24.0 Å². The number of amides is 1. The molecule has 8 nitrogen and oxygen atoms in total. The first kappa shape index (κ1) is 23.0. The summed E-state index contributed by atoms with van der Waals surface area (Å²) in [6.07, 6.45) is 2.80. The van der Waals surface area contributed by atoms with Gasteiger partial charge in [0.2, 0.25) is 5.91 Å². The number of nitro groups is 1. The summed E-state index contributed by atoms with van der Waals surface area (Å²) in [5.74, 6) is -0.299. The van der Waals surface area contributed by atoms with Crippen LogP contribution in [-0.4, -0.2) is 43.8 Å². The Balaban J connectivity index is 2.07. The molecule has 1 saturated heterocycles. The Morgan fingerprint density at radius 1 is 1.13 bits per heavy atom. The molecule has 31 heavy (non-hydrogen) atoms. The summed E-state index contributed by atoms with van der Waals surface area (Å²) in [5.41, 5.74) is 1.47. The van der Waals surface area contributed by atoms with Crippen LogP contribution >= 0.6 is 11.6 Å². The number of anilines is 1. The molecule has 0 bridgehead atoms. The van der Waals surface area contributed by atoms with Crippen LogP contribution in [0, 0.1) is 24.0 Å². The van der Waals surface area contributed by atoms with Crippen LogP contribution in [0.5, 0.6) is 0 Å². The smallest absolute Gasteiger partial charge is 0.289 e. The van der Waals surface area contributed by atoms with Crippen LogP contribution in [0.3, 0.4) is 0 Å². The number of likely N-dealkylation sites (tertiary alicyclic amines) is 1. The van der Waals surface area contributed by atoms with Crippen molar-refractivity contribution in [1.29, 1.82) is 0 Å². The van der Waals surface area contributed by atoms with E-state index < -0.39 is 20.6 Å². The largest absolute Gasteiger partial charge is 0.341 e. The first-order valence-electron chi connectivity index (χ1n) is 9.93. The molecule has 1 heterocycles. The van der Waals surface area contributed by atoms with E-state index in [0.29, 0.717) is 24.3 Å². The number of carbonyl (C=O) groups is 1. The lowest BCUT2D eigenvalue weighted by molar-refractivity contribution is -0.384.